The molecule has 3 rings (SSSR count). The van der Waals surface area contributed by atoms with Gasteiger partial charge in [-0.15, -0.1) is 0 Å². The molecule has 0 aliphatic heterocycles. The van der Waals surface area contributed by atoms with Gasteiger partial charge in [-0.1, -0.05) is 18.2 Å². The first-order valence-corrected chi connectivity index (χ1v) is 7.47. The maximum atomic E-state index is 12.7. The molecule has 1 amide bonds. The summed E-state index contributed by atoms with van der Waals surface area (Å²) in [6, 6.07) is 14.4. The van der Waals surface area contributed by atoms with Crippen molar-refractivity contribution in [3.05, 3.63) is 82.7 Å². The molecule has 0 saturated carbocycles. The minimum atomic E-state index is -0.879. The Hall–Kier alpha value is -4.12. The van der Waals surface area contributed by atoms with E-state index in [1.54, 1.807) is 36.4 Å². The molecule has 0 bridgehead atoms. The first-order chi connectivity index (χ1) is 12.5. The van der Waals surface area contributed by atoms with Crippen LogP contribution in [0.15, 0.2) is 54.7 Å². The first-order valence-electron chi connectivity index (χ1n) is 7.47. The van der Waals surface area contributed by atoms with Gasteiger partial charge in [0.2, 0.25) is 5.78 Å². The van der Waals surface area contributed by atoms with Gasteiger partial charge in [0.05, 0.1) is 16.8 Å². The van der Waals surface area contributed by atoms with E-state index in [1.807, 2.05) is 6.07 Å². The lowest BCUT2D eigenvalue weighted by atomic mass is 10.1. The molecule has 3 N–H and O–H groups in total. The van der Waals surface area contributed by atoms with Crippen LogP contribution in [-0.4, -0.2) is 26.5 Å². The summed E-state index contributed by atoms with van der Waals surface area (Å²) in [6.07, 6.45) is 1.46. The molecule has 8 nitrogen and oxygen atoms in total. The van der Waals surface area contributed by atoms with Gasteiger partial charge in [0.25, 0.3) is 5.91 Å². The highest BCUT2D eigenvalue weighted by molar-refractivity contribution is 6.07. The highest BCUT2D eigenvalue weighted by Gasteiger charge is 2.19. The number of rotatable bonds is 4. The lowest BCUT2D eigenvalue weighted by Crippen LogP contribution is -2.32. The molecule has 0 atom stereocenters. The molecule has 0 aliphatic rings. The Balaban J connectivity index is 2.28. The molecule has 0 spiro atoms. The van der Waals surface area contributed by atoms with Crippen molar-refractivity contribution < 1.29 is 9.59 Å². The van der Waals surface area contributed by atoms with Gasteiger partial charge in [0.1, 0.15) is 17.5 Å². The summed E-state index contributed by atoms with van der Waals surface area (Å²) in [5.41, 5.74) is 5.36. The Labute approximate surface area is 147 Å². The smallest absolute Gasteiger partial charge is 0.252 e. The number of carbonyl (C=O) groups is 2. The molecular formula is C18H12N6O2. The van der Waals surface area contributed by atoms with Crippen LogP contribution in [0, 0.1) is 16.7 Å². The quantitative estimate of drug-likeness (QED) is 0.678. The number of hydrogen-bond donors (Lipinski definition) is 2. The number of nitrogens with zero attached hydrogens (tertiary/aromatic N) is 4. The number of carbonyl (C=O) groups excluding carboxylic acids is 2. The van der Waals surface area contributed by atoms with E-state index in [4.69, 9.17) is 11.1 Å². The van der Waals surface area contributed by atoms with Gasteiger partial charge in [-0.05, 0) is 30.3 Å². The molecule has 2 aromatic heterocycles. The summed E-state index contributed by atoms with van der Waals surface area (Å²) in [5.74, 6) is -1.41. The molecule has 0 radical (unpaired) electrons. The molecule has 0 fully saturated rings. The van der Waals surface area contributed by atoms with Gasteiger partial charge in [-0.2, -0.15) is 10.4 Å². The first kappa shape index (κ1) is 16.7. The average molecular weight is 344 g/mol. The van der Waals surface area contributed by atoms with Gasteiger partial charge in [0, 0.05) is 6.20 Å². The van der Waals surface area contributed by atoms with Gasteiger partial charge in [-0.3, -0.25) is 20.0 Å². The van der Waals surface area contributed by atoms with Crippen LogP contribution in [-0.2, 0) is 0 Å². The standard InChI is InChI=1S/C18H12N6O2/c19-10-11-5-1-2-7-15(11)24-17(20)12(18(21)26)9-14(23-24)16(25)13-6-3-4-8-22-13/h1-9,20H,(H2,21,26). The number of nitrogens with two attached hydrogens (primary N) is 1. The lowest BCUT2D eigenvalue weighted by molar-refractivity contribution is 0.0997. The van der Waals surface area contributed by atoms with E-state index in [0.717, 1.165) is 10.7 Å². The van der Waals surface area contributed by atoms with Crippen LogP contribution in [0.5, 0.6) is 0 Å². The highest BCUT2D eigenvalue weighted by Crippen LogP contribution is 2.12. The van der Waals surface area contributed by atoms with Crippen molar-refractivity contribution in [2.75, 3.05) is 0 Å². The van der Waals surface area contributed by atoms with Crippen molar-refractivity contribution >= 4 is 11.7 Å². The summed E-state index contributed by atoms with van der Waals surface area (Å²) >= 11 is 0. The molecular weight excluding hydrogens is 332 g/mol. The number of hydrogen-bond acceptors (Lipinski definition) is 6. The third-order valence-electron chi connectivity index (χ3n) is 3.60. The van der Waals surface area contributed by atoms with Crippen molar-refractivity contribution in [1.82, 2.24) is 14.8 Å². The number of amides is 1. The Bertz CT molecular complexity index is 1110. The molecule has 2 heterocycles. The maximum Gasteiger partial charge on any atom is 0.252 e. The molecule has 0 aliphatic carbocycles. The lowest BCUT2D eigenvalue weighted by Gasteiger charge is -2.11. The second-order valence-corrected chi connectivity index (χ2v) is 5.24. The fourth-order valence-electron chi connectivity index (χ4n) is 2.36. The number of ketones is 1. The largest absolute Gasteiger partial charge is 0.365 e. The minimum absolute atomic E-state index is 0.110. The third-order valence-corrected chi connectivity index (χ3v) is 3.60. The van der Waals surface area contributed by atoms with Gasteiger partial charge in [-0.25, -0.2) is 4.68 Å². The van der Waals surface area contributed by atoms with Gasteiger partial charge >= 0.3 is 0 Å². The van der Waals surface area contributed by atoms with E-state index in [-0.39, 0.29) is 33.7 Å². The topological polar surface area (TPSA) is 139 Å². The van der Waals surface area contributed by atoms with Crippen molar-refractivity contribution in [3.63, 3.8) is 0 Å². The average Bonchev–Trinajstić information content (AvgIpc) is 2.68. The van der Waals surface area contributed by atoms with E-state index in [0.29, 0.717) is 0 Å². The second kappa shape index (κ2) is 6.78. The monoisotopic (exact) mass is 344 g/mol. The van der Waals surface area contributed by atoms with Crippen molar-refractivity contribution in [3.8, 4) is 11.8 Å². The number of aromatic nitrogens is 3. The second-order valence-electron chi connectivity index (χ2n) is 5.24. The van der Waals surface area contributed by atoms with E-state index in [2.05, 4.69) is 10.1 Å². The van der Waals surface area contributed by atoms with Gasteiger partial charge in [0.15, 0.2) is 5.49 Å². The van der Waals surface area contributed by atoms with Crippen LogP contribution in [0.25, 0.3) is 5.69 Å². The van der Waals surface area contributed by atoms with Crippen LogP contribution in [0.3, 0.4) is 0 Å². The van der Waals surface area contributed by atoms with Crippen molar-refractivity contribution in [2.45, 2.75) is 0 Å². The molecule has 26 heavy (non-hydrogen) atoms. The Kier molecular flexibility index (Phi) is 4.36. The Morgan fingerprint density at radius 2 is 1.85 bits per heavy atom. The zero-order valence-electron chi connectivity index (χ0n) is 13.4. The van der Waals surface area contributed by atoms with E-state index >= 15 is 0 Å². The highest BCUT2D eigenvalue weighted by atomic mass is 16.1. The van der Waals surface area contributed by atoms with E-state index in [9.17, 15) is 14.9 Å². The SMILES string of the molecule is N#Cc1ccccc1-n1nc(C(=O)c2ccccn2)cc(C(N)=O)c1=N. The maximum absolute atomic E-state index is 12.7. The van der Waals surface area contributed by atoms with Crippen LogP contribution < -0.4 is 11.2 Å². The number of nitrogens with one attached hydrogen (secondary N) is 1. The molecule has 8 heteroatoms. The predicted molar refractivity (Wildman–Crippen MR) is 90.3 cm³/mol. The zero-order valence-corrected chi connectivity index (χ0v) is 13.4. The predicted octanol–water partition coefficient (Wildman–Crippen LogP) is 0.948. The third kappa shape index (κ3) is 2.97. The van der Waals surface area contributed by atoms with Crippen molar-refractivity contribution in [1.29, 1.82) is 10.7 Å². The minimum Gasteiger partial charge on any atom is -0.365 e. The summed E-state index contributed by atoms with van der Waals surface area (Å²) < 4.78 is 1.05. The number of primary amides is 1. The van der Waals surface area contributed by atoms with Crippen LogP contribution in [0.2, 0.25) is 0 Å². The van der Waals surface area contributed by atoms with Crippen LogP contribution in [0.1, 0.15) is 32.1 Å². The number of para-hydroxylation sites is 1. The number of benzene rings is 1. The van der Waals surface area contributed by atoms with E-state index < -0.39 is 11.7 Å². The molecule has 0 unspecified atom stereocenters. The number of pyridine rings is 1. The van der Waals surface area contributed by atoms with Gasteiger partial charge < -0.3 is 5.73 Å². The zero-order chi connectivity index (χ0) is 18.7. The van der Waals surface area contributed by atoms with Crippen LogP contribution >= 0.6 is 0 Å². The Morgan fingerprint density at radius 1 is 1.12 bits per heavy atom. The van der Waals surface area contributed by atoms with E-state index in [1.165, 1.54) is 12.3 Å². The van der Waals surface area contributed by atoms with Crippen LogP contribution in [0.4, 0.5) is 0 Å². The fourth-order valence-corrected chi connectivity index (χ4v) is 2.36. The summed E-state index contributed by atoms with van der Waals surface area (Å²) in [5, 5.41) is 21.6. The molecule has 0 saturated heterocycles. The summed E-state index contributed by atoms with van der Waals surface area (Å²) in [6.45, 7) is 0. The Morgan fingerprint density at radius 3 is 2.50 bits per heavy atom. The molecule has 1 aromatic carbocycles. The normalized spacial score (nSPS) is 10.1. The molecule has 3 aromatic rings. The molecule has 126 valence electrons. The summed E-state index contributed by atoms with van der Waals surface area (Å²) in [4.78, 5) is 28.4. The fraction of sp³-hybridized carbons (Fsp3) is 0. The summed E-state index contributed by atoms with van der Waals surface area (Å²) in [7, 11) is 0. The van der Waals surface area contributed by atoms with Crippen molar-refractivity contribution in [2.24, 2.45) is 5.73 Å². The number of nitriles is 1.